The van der Waals surface area contributed by atoms with Crippen LogP contribution < -0.4 is 5.73 Å². The fourth-order valence-corrected chi connectivity index (χ4v) is 1.93. The standard InChI is InChI=1S/C10H15N3O5/c11-7-1-5(12-4-13-7)2-10(17)9(16)8(15)6(3-14)18-10/h1,4,6,8-9,14-17H,2-3H2,(H2,11,12,13)/t6-,8-,9-,10-/m1/s1. The predicted molar refractivity (Wildman–Crippen MR) is 59.1 cm³/mol. The molecule has 8 heteroatoms. The molecule has 0 aromatic carbocycles. The third kappa shape index (κ3) is 2.28. The number of anilines is 1. The van der Waals surface area contributed by atoms with Gasteiger partial charge in [0.15, 0.2) is 0 Å². The third-order valence-corrected chi connectivity index (χ3v) is 2.88. The Morgan fingerprint density at radius 3 is 2.67 bits per heavy atom. The van der Waals surface area contributed by atoms with Gasteiger partial charge in [0, 0.05) is 12.5 Å². The van der Waals surface area contributed by atoms with E-state index in [1.54, 1.807) is 0 Å². The molecule has 2 heterocycles. The molecule has 1 fully saturated rings. The van der Waals surface area contributed by atoms with E-state index in [1.165, 1.54) is 12.4 Å². The molecule has 6 N–H and O–H groups in total. The lowest BCUT2D eigenvalue weighted by Crippen LogP contribution is -2.45. The number of nitrogens with zero attached hydrogens (tertiary/aromatic N) is 2. The Labute approximate surface area is 103 Å². The summed E-state index contributed by atoms with van der Waals surface area (Å²) >= 11 is 0. The van der Waals surface area contributed by atoms with Gasteiger partial charge in [-0.2, -0.15) is 0 Å². The lowest BCUT2D eigenvalue weighted by Gasteiger charge is -2.25. The molecule has 0 radical (unpaired) electrons. The smallest absolute Gasteiger partial charge is 0.200 e. The first-order chi connectivity index (χ1) is 8.46. The van der Waals surface area contributed by atoms with Crippen LogP contribution in [0.15, 0.2) is 12.4 Å². The van der Waals surface area contributed by atoms with Crippen molar-refractivity contribution < 1.29 is 25.2 Å². The molecule has 1 aromatic rings. The van der Waals surface area contributed by atoms with E-state index >= 15 is 0 Å². The van der Waals surface area contributed by atoms with Gasteiger partial charge in [-0.15, -0.1) is 0 Å². The number of rotatable bonds is 3. The highest BCUT2D eigenvalue weighted by Gasteiger charge is 2.53. The Morgan fingerprint density at radius 2 is 2.11 bits per heavy atom. The van der Waals surface area contributed by atoms with Gasteiger partial charge in [-0.1, -0.05) is 0 Å². The summed E-state index contributed by atoms with van der Waals surface area (Å²) < 4.78 is 5.07. The molecule has 0 amide bonds. The number of ether oxygens (including phenoxy) is 1. The van der Waals surface area contributed by atoms with Gasteiger partial charge in [-0.05, 0) is 0 Å². The molecule has 18 heavy (non-hydrogen) atoms. The van der Waals surface area contributed by atoms with Crippen molar-refractivity contribution in [3.05, 3.63) is 18.1 Å². The average Bonchev–Trinajstić information content (AvgIpc) is 2.54. The van der Waals surface area contributed by atoms with Crippen LogP contribution in [0.3, 0.4) is 0 Å². The molecule has 100 valence electrons. The highest BCUT2D eigenvalue weighted by molar-refractivity contribution is 5.28. The molecule has 0 bridgehead atoms. The third-order valence-electron chi connectivity index (χ3n) is 2.88. The molecule has 1 saturated heterocycles. The summed E-state index contributed by atoms with van der Waals surface area (Å²) in [6.45, 7) is -0.507. The Morgan fingerprint density at radius 1 is 1.39 bits per heavy atom. The summed E-state index contributed by atoms with van der Waals surface area (Å²) in [5.74, 6) is -1.79. The van der Waals surface area contributed by atoms with Crippen LogP contribution in [-0.2, 0) is 11.2 Å². The van der Waals surface area contributed by atoms with Crippen molar-refractivity contribution in [2.75, 3.05) is 12.3 Å². The van der Waals surface area contributed by atoms with Crippen molar-refractivity contribution in [1.29, 1.82) is 0 Å². The minimum Gasteiger partial charge on any atom is -0.394 e. The minimum atomic E-state index is -2.01. The monoisotopic (exact) mass is 257 g/mol. The summed E-state index contributed by atoms with van der Waals surface area (Å²) in [6.07, 6.45) is -2.89. The van der Waals surface area contributed by atoms with Crippen molar-refractivity contribution in [1.82, 2.24) is 9.97 Å². The van der Waals surface area contributed by atoms with Gasteiger partial charge in [0.25, 0.3) is 0 Å². The van der Waals surface area contributed by atoms with E-state index in [0.29, 0.717) is 5.69 Å². The largest absolute Gasteiger partial charge is 0.394 e. The van der Waals surface area contributed by atoms with Crippen molar-refractivity contribution in [2.45, 2.75) is 30.5 Å². The maximum atomic E-state index is 10.1. The number of aliphatic hydroxyl groups excluding tert-OH is 3. The fourth-order valence-electron chi connectivity index (χ4n) is 1.93. The van der Waals surface area contributed by atoms with Crippen LogP contribution in [0.4, 0.5) is 5.82 Å². The normalized spacial score (nSPS) is 35.9. The van der Waals surface area contributed by atoms with Crippen molar-refractivity contribution in [3.8, 4) is 0 Å². The Hall–Kier alpha value is -1.32. The summed E-state index contributed by atoms with van der Waals surface area (Å²) in [5, 5.41) is 38.4. The minimum absolute atomic E-state index is 0.172. The summed E-state index contributed by atoms with van der Waals surface area (Å²) in [4.78, 5) is 7.57. The lowest BCUT2D eigenvalue weighted by atomic mass is 10.0. The predicted octanol–water partition coefficient (Wildman–Crippen LogP) is -2.60. The molecule has 1 aliphatic heterocycles. The molecule has 0 aliphatic carbocycles. The van der Waals surface area contributed by atoms with Gasteiger partial charge in [0.05, 0.1) is 12.3 Å². The van der Waals surface area contributed by atoms with Crippen molar-refractivity contribution in [2.24, 2.45) is 0 Å². The van der Waals surface area contributed by atoms with Crippen LogP contribution in [0.1, 0.15) is 5.69 Å². The van der Waals surface area contributed by atoms with Crippen LogP contribution in [-0.4, -0.2) is 61.1 Å². The second kappa shape index (κ2) is 4.75. The van der Waals surface area contributed by atoms with Gasteiger partial charge in [-0.25, -0.2) is 9.97 Å². The number of hydrogen-bond acceptors (Lipinski definition) is 8. The van der Waals surface area contributed by atoms with Crippen LogP contribution in [0.2, 0.25) is 0 Å². The molecular weight excluding hydrogens is 242 g/mol. The van der Waals surface area contributed by atoms with Crippen molar-refractivity contribution >= 4 is 5.82 Å². The topological polar surface area (TPSA) is 142 Å². The maximum Gasteiger partial charge on any atom is 0.200 e. The SMILES string of the molecule is Nc1cc(C[C@@]2(O)O[C@H](CO)[C@@H](O)[C@H]2O)ncn1. The van der Waals surface area contributed by atoms with E-state index in [1.807, 2.05) is 0 Å². The van der Waals surface area contributed by atoms with E-state index in [2.05, 4.69) is 9.97 Å². The fraction of sp³-hybridized carbons (Fsp3) is 0.600. The van der Waals surface area contributed by atoms with Gasteiger partial charge in [-0.3, -0.25) is 0 Å². The van der Waals surface area contributed by atoms with Crippen molar-refractivity contribution in [3.63, 3.8) is 0 Å². The molecule has 0 saturated carbocycles. The second-order valence-corrected chi connectivity index (χ2v) is 4.23. The van der Waals surface area contributed by atoms with Crippen LogP contribution in [0, 0.1) is 0 Å². The van der Waals surface area contributed by atoms with E-state index in [4.69, 9.17) is 15.6 Å². The molecule has 1 aromatic heterocycles. The quantitative estimate of drug-likeness (QED) is 0.397. The Bertz CT molecular complexity index is 432. The molecule has 0 unspecified atom stereocenters. The van der Waals surface area contributed by atoms with Crippen LogP contribution >= 0.6 is 0 Å². The summed E-state index contributed by atoms with van der Waals surface area (Å²) in [7, 11) is 0. The first-order valence-corrected chi connectivity index (χ1v) is 5.40. The van der Waals surface area contributed by atoms with E-state index in [0.717, 1.165) is 0 Å². The van der Waals surface area contributed by atoms with Gasteiger partial charge in [0.2, 0.25) is 5.79 Å². The lowest BCUT2D eigenvalue weighted by molar-refractivity contribution is -0.229. The Balaban J connectivity index is 2.17. The highest BCUT2D eigenvalue weighted by Crippen LogP contribution is 2.31. The summed E-state index contributed by atoms with van der Waals surface area (Å²) in [5.41, 5.74) is 5.82. The van der Waals surface area contributed by atoms with Gasteiger partial charge < -0.3 is 30.9 Å². The number of nitrogens with two attached hydrogens (primary N) is 1. The molecular formula is C10H15N3O5. The number of aliphatic hydroxyl groups is 4. The molecule has 0 spiro atoms. The van der Waals surface area contributed by atoms with E-state index in [-0.39, 0.29) is 12.2 Å². The Kier molecular flexibility index (Phi) is 3.46. The van der Waals surface area contributed by atoms with E-state index < -0.39 is 30.7 Å². The number of nitrogen functional groups attached to an aromatic ring is 1. The molecule has 4 atom stereocenters. The van der Waals surface area contributed by atoms with Gasteiger partial charge >= 0.3 is 0 Å². The zero-order valence-corrected chi connectivity index (χ0v) is 9.47. The molecule has 8 nitrogen and oxygen atoms in total. The molecule has 1 aliphatic rings. The van der Waals surface area contributed by atoms with Crippen LogP contribution in [0.25, 0.3) is 0 Å². The first-order valence-electron chi connectivity index (χ1n) is 5.40. The zero-order chi connectivity index (χ0) is 13.3. The molecule has 2 rings (SSSR count). The number of hydrogen-bond donors (Lipinski definition) is 5. The average molecular weight is 257 g/mol. The van der Waals surface area contributed by atoms with Crippen LogP contribution in [0.5, 0.6) is 0 Å². The van der Waals surface area contributed by atoms with E-state index in [9.17, 15) is 15.3 Å². The highest BCUT2D eigenvalue weighted by atomic mass is 16.7. The number of aromatic nitrogens is 2. The second-order valence-electron chi connectivity index (χ2n) is 4.23. The zero-order valence-electron chi connectivity index (χ0n) is 9.47. The maximum absolute atomic E-state index is 10.1. The first kappa shape index (κ1) is 13.1. The van der Waals surface area contributed by atoms with Gasteiger partial charge in [0.1, 0.15) is 30.5 Å². The summed E-state index contributed by atoms with van der Waals surface area (Å²) in [6, 6.07) is 1.42.